The van der Waals surface area contributed by atoms with E-state index in [0.717, 1.165) is 17.1 Å². The zero-order chi connectivity index (χ0) is 17.5. The molecule has 0 aromatic heterocycles. The molecule has 0 aliphatic heterocycles. The number of aryl methyl sites for hydroxylation is 2. The third-order valence-corrected chi connectivity index (χ3v) is 3.68. The minimum atomic E-state index is -0.562. The molecular formula is C20H25NO3. The van der Waals surface area contributed by atoms with Crippen molar-refractivity contribution in [3.8, 4) is 11.5 Å². The number of nitrogens with one attached hydrogen (secondary N) is 1. The number of ether oxygens (including phenoxy) is 2. The Morgan fingerprint density at radius 1 is 1.04 bits per heavy atom. The Kier molecular flexibility index (Phi) is 6.24. The van der Waals surface area contributed by atoms with Crippen LogP contribution in [0.1, 0.15) is 25.0 Å². The van der Waals surface area contributed by atoms with Gasteiger partial charge < -0.3 is 14.8 Å². The summed E-state index contributed by atoms with van der Waals surface area (Å²) in [6, 6.07) is 15.4. The van der Waals surface area contributed by atoms with Crippen molar-refractivity contribution in [3.63, 3.8) is 0 Å². The Bertz CT molecular complexity index is 667. The summed E-state index contributed by atoms with van der Waals surface area (Å²) >= 11 is 0. The van der Waals surface area contributed by atoms with Crippen LogP contribution in [0, 0.1) is 13.8 Å². The first-order valence-corrected chi connectivity index (χ1v) is 8.18. The lowest BCUT2D eigenvalue weighted by Crippen LogP contribution is -2.43. The number of benzene rings is 2. The Morgan fingerprint density at radius 3 is 2.38 bits per heavy atom. The Balaban J connectivity index is 1.80. The summed E-state index contributed by atoms with van der Waals surface area (Å²) in [5.41, 5.74) is 2.19. The molecule has 4 nitrogen and oxygen atoms in total. The van der Waals surface area contributed by atoms with Gasteiger partial charge in [0.15, 0.2) is 6.10 Å². The van der Waals surface area contributed by atoms with Gasteiger partial charge in [0.2, 0.25) is 0 Å². The maximum Gasteiger partial charge on any atom is 0.261 e. The minimum absolute atomic E-state index is 0.110. The van der Waals surface area contributed by atoms with E-state index in [0.29, 0.717) is 6.61 Å². The van der Waals surface area contributed by atoms with Crippen LogP contribution < -0.4 is 14.8 Å². The van der Waals surface area contributed by atoms with Crippen molar-refractivity contribution >= 4 is 5.91 Å². The van der Waals surface area contributed by atoms with Crippen LogP contribution >= 0.6 is 0 Å². The Labute approximate surface area is 143 Å². The maximum atomic E-state index is 12.2. The lowest BCUT2D eigenvalue weighted by atomic mass is 10.2. The average Bonchev–Trinajstić information content (AvgIpc) is 2.56. The highest BCUT2D eigenvalue weighted by molar-refractivity contribution is 5.81. The predicted octanol–water partition coefficient (Wildman–Crippen LogP) is 3.65. The van der Waals surface area contributed by atoms with Crippen LogP contribution in [0.2, 0.25) is 0 Å². The maximum absolute atomic E-state index is 12.2. The van der Waals surface area contributed by atoms with Gasteiger partial charge in [-0.2, -0.15) is 0 Å². The van der Waals surface area contributed by atoms with Crippen molar-refractivity contribution in [2.24, 2.45) is 0 Å². The monoisotopic (exact) mass is 327 g/mol. The molecule has 0 fully saturated rings. The van der Waals surface area contributed by atoms with E-state index in [4.69, 9.17) is 9.47 Å². The molecule has 0 aliphatic carbocycles. The number of carbonyl (C=O) groups excluding carboxylic acids is 1. The summed E-state index contributed by atoms with van der Waals surface area (Å²) in [7, 11) is 0. The topological polar surface area (TPSA) is 47.6 Å². The normalized spacial score (nSPS) is 13.0. The van der Waals surface area contributed by atoms with Gasteiger partial charge in [0.25, 0.3) is 5.91 Å². The molecule has 0 radical (unpaired) electrons. The first-order valence-electron chi connectivity index (χ1n) is 8.18. The van der Waals surface area contributed by atoms with Crippen molar-refractivity contribution < 1.29 is 14.3 Å². The van der Waals surface area contributed by atoms with Gasteiger partial charge in [-0.1, -0.05) is 35.9 Å². The van der Waals surface area contributed by atoms with Crippen molar-refractivity contribution in [2.45, 2.75) is 39.8 Å². The molecule has 128 valence electrons. The van der Waals surface area contributed by atoms with Crippen LogP contribution in [-0.2, 0) is 4.79 Å². The Hall–Kier alpha value is -2.49. The van der Waals surface area contributed by atoms with Crippen LogP contribution in [0.4, 0.5) is 0 Å². The number of amides is 1. The van der Waals surface area contributed by atoms with Gasteiger partial charge in [-0.15, -0.1) is 0 Å². The summed E-state index contributed by atoms with van der Waals surface area (Å²) in [5.74, 6) is 1.37. The number of hydrogen-bond donors (Lipinski definition) is 1. The van der Waals surface area contributed by atoms with E-state index in [1.54, 1.807) is 6.92 Å². The van der Waals surface area contributed by atoms with Crippen LogP contribution in [0.15, 0.2) is 48.5 Å². The second kappa shape index (κ2) is 8.39. The smallest absolute Gasteiger partial charge is 0.261 e. The fourth-order valence-electron chi connectivity index (χ4n) is 2.19. The van der Waals surface area contributed by atoms with Gasteiger partial charge in [0, 0.05) is 0 Å². The van der Waals surface area contributed by atoms with Crippen LogP contribution in [0.5, 0.6) is 11.5 Å². The summed E-state index contributed by atoms with van der Waals surface area (Å²) in [4.78, 5) is 12.2. The molecule has 0 heterocycles. The van der Waals surface area contributed by atoms with E-state index in [2.05, 4.69) is 5.32 Å². The second-order valence-corrected chi connectivity index (χ2v) is 6.06. The molecule has 0 saturated carbocycles. The van der Waals surface area contributed by atoms with Gasteiger partial charge in [0.05, 0.1) is 6.04 Å². The molecule has 2 atom stereocenters. The lowest BCUT2D eigenvalue weighted by molar-refractivity contribution is -0.128. The molecule has 2 aromatic carbocycles. The molecule has 0 spiro atoms. The summed E-state index contributed by atoms with van der Waals surface area (Å²) in [6.45, 7) is 8.05. The zero-order valence-corrected chi connectivity index (χ0v) is 14.7. The molecule has 0 aliphatic rings. The quantitative estimate of drug-likeness (QED) is 0.844. The van der Waals surface area contributed by atoms with Crippen molar-refractivity contribution in [3.05, 3.63) is 59.7 Å². The first kappa shape index (κ1) is 17.9. The third-order valence-electron chi connectivity index (χ3n) is 3.68. The summed E-state index contributed by atoms with van der Waals surface area (Å²) in [6.07, 6.45) is -0.562. The molecule has 2 rings (SSSR count). The highest BCUT2D eigenvalue weighted by atomic mass is 16.5. The predicted molar refractivity (Wildman–Crippen MR) is 95.5 cm³/mol. The van der Waals surface area contributed by atoms with Gasteiger partial charge >= 0.3 is 0 Å². The van der Waals surface area contributed by atoms with E-state index in [-0.39, 0.29) is 11.9 Å². The first-order chi connectivity index (χ1) is 11.5. The molecule has 0 unspecified atom stereocenters. The van der Waals surface area contributed by atoms with E-state index in [1.165, 1.54) is 5.56 Å². The van der Waals surface area contributed by atoms with Crippen LogP contribution in [0.25, 0.3) is 0 Å². The van der Waals surface area contributed by atoms with Crippen LogP contribution in [0.3, 0.4) is 0 Å². The van der Waals surface area contributed by atoms with Gasteiger partial charge in [-0.05, 0) is 51.5 Å². The van der Waals surface area contributed by atoms with Crippen molar-refractivity contribution in [1.29, 1.82) is 0 Å². The average molecular weight is 327 g/mol. The molecule has 1 amide bonds. The van der Waals surface area contributed by atoms with Crippen LogP contribution in [-0.4, -0.2) is 24.7 Å². The largest absolute Gasteiger partial charge is 0.491 e. The number of hydrogen-bond acceptors (Lipinski definition) is 3. The number of para-hydroxylation sites is 1. The highest BCUT2D eigenvalue weighted by Gasteiger charge is 2.17. The molecule has 0 bridgehead atoms. The van der Waals surface area contributed by atoms with Gasteiger partial charge in [-0.25, -0.2) is 0 Å². The number of carbonyl (C=O) groups is 1. The molecular weight excluding hydrogens is 302 g/mol. The van der Waals surface area contributed by atoms with Gasteiger partial charge in [-0.3, -0.25) is 4.79 Å². The SMILES string of the molecule is Cc1ccc(OC[C@@H](C)NC(=O)[C@H](C)Oc2ccccc2C)cc1. The molecule has 0 saturated heterocycles. The van der Waals surface area contributed by atoms with E-state index >= 15 is 0 Å². The molecule has 2 aromatic rings. The summed E-state index contributed by atoms with van der Waals surface area (Å²) < 4.78 is 11.4. The second-order valence-electron chi connectivity index (χ2n) is 6.06. The lowest BCUT2D eigenvalue weighted by Gasteiger charge is -2.20. The van der Waals surface area contributed by atoms with Gasteiger partial charge in [0.1, 0.15) is 18.1 Å². The molecule has 4 heteroatoms. The fourth-order valence-corrected chi connectivity index (χ4v) is 2.19. The Morgan fingerprint density at radius 2 is 1.71 bits per heavy atom. The molecule has 1 N–H and O–H groups in total. The van der Waals surface area contributed by atoms with E-state index in [9.17, 15) is 4.79 Å². The van der Waals surface area contributed by atoms with Crippen molar-refractivity contribution in [2.75, 3.05) is 6.61 Å². The fraction of sp³-hybridized carbons (Fsp3) is 0.350. The van der Waals surface area contributed by atoms with Crippen molar-refractivity contribution in [1.82, 2.24) is 5.32 Å². The number of rotatable bonds is 7. The molecule has 24 heavy (non-hydrogen) atoms. The standard InChI is InChI=1S/C20H25NO3/c1-14-9-11-18(12-10-14)23-13-16(3)21-20(22)17(4)24-19-8-6-5-7-15(19)2/h5-12,16-17H,13H2,1-4H3,(H,21,22)/t16-,17+/m1/s1. The minimum Gasteiger partial charge on any atom is -0.491 e. The van der Waals surface area contributed by atoms with E-state index < -0.39 is 6.10 Å². The zero-order valence-electron chi connectivity index (χ0n) is 14.7. The summed E-state index contributed by atoms with van der Waals surface area (Å²) in [5, 5.41) is 2.91. The highest BCUT2D eigenvalue weighted by Crippen LogP contribution is 2.18. The van der Waals surface area contributed by atoms with E-state index in [1.807, 2.05) is 69.3 Å². The third kappa shape index (κ3) is 5.30.